The van der Waals surface area contributed by atoms with Gasteiger partial charge in [-0.05, 0) is 36.1 Å². The van der Waals surface area contributed by atoms with Gasteiger partial charge in [-0.25, -0.2) is 9.97 Å². The van der Waals surface area contributed by atoms with Gasteiger partial charge in [-0.15, -0.1) is 11.3 Å². The molecule has 90 valence electrons. The molecule has 0 spiro atoms. The first kappa shape index (κ1) is 11.1. The molecule has 3 aromatic rings. The second-order valence-corrected chi connectivity index (χ2v) is 4.86. The molecule has 18 heavy (non-hydrogen) atoms. The molecule has 3 rings (SSSR count). The van der Waals surface area contributed by atoms with Crippen LogP contribution >= 0.6 is 11.3 Å². The van der Waals surface area contributed by atoms with E-state index in [2.05, 4.69) is 20.3 Å². The Labute approximate surface area is 109 Å². The molecular weight excluding hydrogens is 244 g/mol. The molecule has 0 atom stereocenters. The molecule has 0 saturated heterocycles. The fourth-order valence-electron chi connectivity index (χ4n) is 1.78. The van der Waals surface area contributed by atoms with Crippen LogP contribution in [0.5, 0.6) is 0 Å². The normalized spacial score (nSPS) is 10.7. The van der Waals surface area contributed by atoms with Gasteiger partial charge in [0.15, 0.2) is 0 Å². The lowest BCUT2D eigenvalue weighted by atomic mass is 10.2. The zero-order valence-electron chi connectivity index (χ0n) is 9.92. The predicted octanol–water partition coefficient (Wildman–Crippen LogP) is 3.01. The third-order valence-corrected chi connectivity index (χ3v) is 3.45. The molecule has 0 aliphatic rings. The van der Waals surface area contributed by atoms with E-state index in [1.807, 2.05) is 30.5 Å². The Balaban J connectivity index is 1.88. The number of rotatable bonds is 3. The summed E-state index contributed by atoms with van der Waals surface area (Å²) in [6, 6.07) is 6.03. The third-order valence-electron chi connectivity index (χ3n) is 2.65. The lowest BCUT2D eigenvalue weighted by Gasteiger charge is -2.07. The Morgan fingerprint density at radius 1 is 1.17 bits per heavy atom. The second-order valence-electron chi connectivity index (χ2n) is 3.97. The van der Waals surface area contributed by atoms with Crippen LogP contribution < -0.4 is 5.32 Å². The van der Waals surface area contributed by atoms with Gasteiger partial charge in [0.05, 0.1) is 5.39 Å². The van der Waals surface area contributed by atoms with E-state index in [1.54, 1.807) is 23.7 Å². The topological polar surface area (TPSA) is 50.7 Å². The van der Waals surface area contributed by atoms with Crippen LogP contribution in [0.15, 0.2) is 36.0 Å². The second kappa shape index (κ2) is 4.70. The number of aryl methyl sites for hydroxylation is 1. The van der Waals surface area contributed by atoms with Gasteiger partial charge in [-0.3, -0.25) is 4.98 Å². The standard InChI is InChI=1S/C13H12N4S/c1-9-16-12(11-4-7-18-13(11)17-9)15-8-10-2-5-14-6-3-10/h2-7H,8H2,1H3,(H,15,16,17). The monoisotopic (exact) mass is 256 g/mol. The van der Waals surface area contributed by atoms with Crippen LogP contribution in [0.4, 0.5) is 5.82 Å². The van der Waals surface area contributed by atoms with Gasteiger partial charge >= 0.3 is 0 Å². The Morgan fingerprint density at radius 3 is 2.83 bits per heavy atom. The molecule has 0 unspecified atom stereocenters. The lowest BCUT2D eigenvalue weighted by molar-refractivity contribution is 1.05. The molecule has 1 N–H and O–H groups in total. The summed E-state index contributed by atoms with van der Waals surface area (Å²) in [4.78, 5) is 13.9. The Kier molecular flexibility index (Phi) is 2.90. The van der Waals surface area contributed by atoms with Crippen molar-refractivity contribution in [3.63, 3.8) is 0 Å². The first-order valence-electron chi connectivity index (χ1n) is 5.67. The van der Waals surface area contributed by atoms with Crippen molar-refractivity contribution in [2.24, 2.45) is 0 Å². The zero-order valence-corrected chi connectivity index (χ0v) is 10.7. The molecule has 0 saturated carbocycles. The fourth-order valence-corrected chi connectivity index (χ4v) is 2.59. The van der Waals surface area contributed by atoms with E-state index in [0.717, 1.165) is 28.4 Å². The fraction of sp³-hybridized carbons (Fsp3) is 0.154. The summed E-state index contributed by atoms with van der Waals surface area (Å²) in [5, 5.41) is 6.48. The van der Waals surface area contributed by atoms with Crippen molar-refractivity contribution >= 4 is 27.4 Å². The summed E-state index contributed by atoms with van der Waals surface area (Å²) in [5.41, 5.74) is 1.18. The van der Waals surface area contributed by atoms with Crippen LogP contribution in [0.2, 0.25) is 0 Å². The van der Waals surface area contributed by atoms with Gasteiger partial charge < -0.3 is 5.32 Å². The van der Waals surface area contributed by atoms with Crippen molar-refractivity contribution in [2.75, 3.05) is 5.32 Å². The van der Waals surface area contributed by atoms with Crippen LogP contribution in [0.25, 0.3) is 10.2 Å². The van der Waals surface area contributed by atoms with Crippen molar-refractivity contribution in [1.29, 1.82) is 0 Å². The average molecular weight is 256 g/mol. The number of hydrogen-bond acceptors (Lipinski definition) is 5. The van der Waals surface area contributed by atoms with E-state index in [1.165, 1.54) is 5.56 Å². The highest BCUT2D eigenvalue weighted by atomic mass is 32.1. The highest BCUT2D eigenvalue weighted by Gasteiger charge is 2.06. The summed E-state index contributed by atoms with van der Waals surface area (Å²) >= 11 is 1.64. The number of thiophene rings is 1. The van der Waals surface area contributed by atoms with Gasteiger partial charge in [-0.1, -0.05) is 0 Å². The van der Waals surface area contributed by atoms with Crippen LogP contribution in [0.1, 0.15) is 11.4 Å². The molecular formula is C13H12N4S. The minimum absolute atomic E-state index is 0.740. The van der Waals surface area contributed by atoms with Gasteiger partial charge in [0.2, 0.25) is 0 Å². The lowest BCUT2D eigenvalue weighted by Crippen LogP contribution is -2.03. The summed E-state index contributed by atoms with van der Waals surface area (Å²) in [6.07, 6.45) is 3.59. The van der Waals surface area contributed by atoms with Gasteiger partial charge in [0.25, 0.3) is 0 Å². The van der Waals surface area contributed by atoms with Crippen molar-refractivity contribution in [3.8, 4) is 0 Å². The highest BCUT2D eigenvalue weighted by Crippen LogP contribution is 2.25. The molecule has 4 nitrogen and oxygen atoms in total. The van der Waals surface area contributed by atoms with Gasteiger partial charge in [0.1, 0.15) is 16.5 Å². The quantitative estimate of drug-likeness (QED) is 0.782. The van der Waals surface area contributed by atoms with Crippen molar-refractivity contribution in [2.45, 2.75) is 13.5 Å². The first-order chi connectivity index (χ1) is 8.83. The van der Waals surface area contributed by atoms with E-state index in [9.17, 15) is 0 Å². The summed E-state index contributed by atoms with van der Waals surface area (Å²) in [5.74, 6) is 1.69. The SMILES string of the molecule is Cc1nc(NCc2ccncc2)c2ccsc2n1. The van der Waals surface area contributed by atoms with Crippen LogP contribution in [-0.2, 0) is 6.54 Å². The molecule has 0 amide bonds. The Bertz CT molecular complexity index is 663. The predicted molar refractivity (Wildman–Crippen MR) is 73.7 cm³/mol. The maximum absolute atomic E-state index is 4.46. The van der Waals surface area contributed by atoms with Gasteiger partial charge in [0, 0.05) is 18.9 Å². The number of hydrogen-bond donors (Lipinski definition) is 1. The molecule has 0 aliphatic carbocycles. The van der Waals surface area contributed by atoms with E-state index in [4.69, 9.17) is 0 Å². The number of aromatic nitrogens is 3. The van der Waals surface area contributed by atoms with E-state index in [0.29, 0.717) is 0 Å². The minimum Gasteiger partial charge on any atom is -0.365 e. The van der Waals surface area contributed by atoms with Crippen molar-refractivity contribution in [3.05, 3.63) is 47.4 Å². The summed E-state index contributed by atoms with van der Waals surface area (Å²) in [6.45, 7) is 2.65. The molecule has 0 aliphatic heterocycles. The molecule has 0 bridgehead atoms. The maximum Gasteiger partial charge on any atom is 0.138 e. The Hall–Kier alpha value is -2.01. The van der Waals surface area contributed by atoms with Crippen LogP contribution in [0.3, 0.4) is 0 Å². The first-order valence-corrected chi connectivity index (χ1v) is 6.55. The number of fused-ring (bicyclic) bond motifs is 1. The van der Waals surface area contributed by atoms with E-state index in [-0.39, 0.29) is 0 Å². The number of pyridine rings is 1. The summed E-state index contributed by atoms with van der Waals surface area (Å²) in [7, 11) is 0. The molecule has 0 aromatic carbocycles. The average Bonchev–Trinajstić information content (AvgIpc) is 2.85. The number of nitrogens with zero attached hydrogens (tertiary/aromatic N) is 3. The molecule has 5 heteroatoms. The molecule has 3 aromatic heterocycles. The smallest absolute Gasteiger partial charge is 0.138 e. The minimum atomic E-state index is 0.740. The van der Waals surface area contributed by atoms with Crippen LogP contribution in [-0.4, -0.2) is 15.0 Å². The van der Waals surface area contributed by atoms with E-state index >= 15 is 0 Å². The maximum atomic E-state index is 4.46. The Morgan fingerprint density at radius 2 is 2.00 bits per heavy atom. The molecule has 3 heterocycles. The molecule has 0 radical (unpaired) electrons. The van der Waals surface area contributed by atoms with Crippen LogP contribution in [0, 0.1) is 6.92 Å². The summed E-state index contributed by atoms with van der Waals surface area (Å²) < 4.78 is 0. The largest absolute Gasteiger partial charge is 0.365 e. The van der Waals surface area contributed by atoms with Crippen molar-refractivity contribution in [1.82, 2.24) is 15.0 Å². The van der Waals surface area contributed by atoms with Crippen molar-refractivity contribution < 1.29 is 0 Å². The zero-order chi connectivity index (χ0) is 12.4. The van der Waals surface area contributed by atoms with E-state index < -0.39 is 0 Å². The third kappa shape index (κ3) is 2.17. The number of nitrogens with one attached hydrogen (secondary N) is 1. The number of anilines is 1. The van der Waals surface area contributed by atoms with Gasteiger partial charge in [-0.2, -0.15) is 0 Å². The highest BCUT2D eigenvalue weighted by molar-refractivity contribution is 7.16. The molecule has 0 fully saturated rings.